The topological polar surface area (TPSA) is 25.0 Å². The van der Waals surface area contributed by atoms with Crippen LogP contribution in [0.1, 0.15) is 37.8 Å². The summed E-state index contributed by atoms with van der Waals surface area (Å²) < 4.78 is 5.31. The molecule has 3 rings (SSSR count). The lowest BCUT2D eigenvalue weighted by Crippen LogP contribution is -2.38. The minimum absolute atomic E-state index is 0.882. The first-order valence-electron chi connectivity index (χ1n) is 7.93. The van der Waals surface area contributed by atoms with Gasteiger partial charge in [0.2, 0.25) is 0 Å². The van der Waals surface area contributed by atoms with Crippen LogP contribution in [0, 0.1) is 6.92 Å². The standard InChI is InChI=1S/C18H19NO.C2H6/c1-12-8-9-15(20-3)10-14(12)11-17-13(2)19-18-7-5-4-6-16(17)18;1-2/h6-11,19H,2,4-5H2,1,3H3;1-2H3/b17-11-;. The second-order valence-electron chi connectivity index (χ2n) is 5.20. The number of H-pyrrole nitrogens is 1. The molecule has 0 aliphatic heterocycles. The number of aryl methyl sites for hydroxylation is 1. The number of fused-ring (bicyclic) bond motifs is 1. The summed E-state index contributed by atoms with van der Waals surface area (Å²) in [5.74, 6) is 0.882. The molecule has 116 valence electrons. The Morgan fingerprint density at radius 3 is 2.64 bits per heavy atom. The lowest BCUT2D eigenvalue weighted by atomic mass is 10.1. The smallest absolute Gasteiger partial charge is 0.119 e. The van der Waals surface area contributed by atoms with E-state index in [9.17, 15) is 0 Å². The summed E-state index contributed by atoms with van der Waals surface area (Å²) >= 11 is 0. The summed E-state index contributed by atoms with van der Waals surface area (Å²) in [6.45, 7) is 10.2. The Morgan fingerprint density at radius 2 is 1.91 bits per heavy atom. The monoisotopic (exact) mass is 295 g/mol. The van der Waals surface area contributed by atoms with Crippen LogP contribution < -0.4 is 25.9 Å². The van der Waals surface area contributed by atoms with E-state index in [1.165, 1.54) is 26.9 Å². The molecule has 0 amide bonds. The summed E-state index contributed by atoms with van der Waals surface area (Å²) in [5, 5.41) is 4.65. The van der Waals surface area contributed by atoms with E-state index < -0.39 is 0 Å². The van der Waals surface area contributed by atoms with Crippen molar-refractivity contribution in [1.29, 1.82) is 0 Å². The van der Waals surface area contributed by atoms with E-state index in [2.05, 4.69) is 48.8 Å². The lowest BCUT2D eigenvalue weighted by molar-refractivity contribution is 0.414. The number of hydrogen-bond acceptors (Lipinski definition) is 1. The molecule has 1 heterocycles. The van der Waals surface area contributed by atoms with E-state index in [1.54, 1.807) is 7.11 Å². The normalized spacial score (nSPS) is 13.4. The van der Waals surface area contributed by atoms with Crippen molar-refractivity contribution in [2.24, 2.45) is 0 Å². The maximum absolute atomic E-state index is 5.31. The van der Waals surface area contributed by atoms with E-state index in [4.69, 9.17) is 4.74 Å². The van der Waals surface area contributed by atoms with Gasteiger partial charge in [0.25, 0.3) is 0 Å². The first-order valence-corrected chi connectivity index (χ1v) is 7.93. The highest BCUT2D eigenvalue weighted by molar-refractivity contribution is 5.57. The van der Waals surface area contributed by atoms with Gasteiger partial charge in [0.05, 0.1) is 7.11 Å². The molecule has 0 unspecified atom stereocenters. The van der Waals surface area contributed by atoms with Crippen molar-refractivity contribution in [3.63, 3.8) is 0 Å². The van der Waals surface area contributed by atoms with Crippen molar-refractivity contribution in [2.75, 3.05) is 7.11 Å². The lowest BCUT2D eigenvalue weighted by Gasteiger charge is -2.04. The maximum atomic E-state index is 5.31. The minimum Gasteiger partial charge on any atom is -0.497 e. The second-order valence-corrected chi connectivity index (χ2v) is 5.20. The minimum atomic E-state index is 0.882. The third-order valence-electron chi connectivity index (χ3n) is 3.84. The van der Waals surface area contributed by atoms with Crippen LogP contribution in [0.25, 0.3) is 24.8 Å². The predicted molar refractivity (Wildman–Crippen MR) is 95.6 cm³/mol. The molecule has 2 aromatic rings. The van der Waals surface area contributed by atoms with Gasteiger partial charge in [0.1, 0.15) is 5.75 Å². The quantitative estimate of drug-likeness (QED) is 0.900. The van der Waals surface area contributed by atoms with Gasteiger partial charge in [-0.3, -0.25) is 0 Å². The van der Waals surface area contributed by atoms with Gasteiger partial charge < -0.3 is 9.72 Å². The zero-order valence-corrected chi connectivity index (χ0v) is 14.0. The third-order valence-corrected chi connectivity index (χ3v) is 3.84. The van der Waals surface area contributed by atoms with Crippen molar-refractivity contribution >= 4 is 24.8 Å². The highest BCUT2D eigenvalue weighted by Crippen LogP contribution is 2.17. The molecule has 1 N–H and O–H groups in total. The van der Waals surface area contributed by atoms with Gasteiger partial charge in [-0.25, -0.2) is 0 Å². The number of rotatable bonds is 2. The third kappa shape index (κ3) is 3.16. The molecule has 1 aromatic heterocycles. The molecule has 0 saturated heterocycles. The molecule has 0 spiro atoms. The van der Waals surface area contributed by atoms with E-state index in [-0.39, 0.29) is 0 Å². The van der Waals surface area contributed by atoms with E-state index in [1.807, 2.05) is 19.9 Å². The van der Waals surface area contributed by atoms with Gasteiger partial charge >= 0.3 is 0 Å². The number of methoxy groups -OCH3 is 1. The van der Waals surface area contributed by atoms with Crippen LogP contribution in [0.5, 0.6) is 5.75 Å². The Morgan fingerprint density at radius 1 is 1.18 bits per heavy atom. The van der Waals surface area contributed by atoms with Crippen molar-refractivity contribution < 1.29 is 4.74 Å². The number of benzene rings is 1. The SMILES string of the molecule is C=c1[nH]c2c(/c1=C\c1cc(OC)ccc1C)=CCCC=2.CC. The van der Waals surface area contributed by atoms with Gasteiger partial charge in [-0.1, -0.05) is 38.6 Å². The maximum Gasteiger partial charge on any atom is 0.119 e. The van der Waals surface area contributed by atoms with Crippen LogP contribution in [0.3, 0.4) is 0 Å². The highest BCUT2D eigenvalue weighted by Gasteiger charge is 2.01. The molecule has 1 aliphatic rings. The Bertz CT molecular complexity index is 872. The Labute approximate surface area is 132 Å². The van der Waals surface area contributed by atoms with Gasteiger partial charge in [-0.2, -0.15) is 0 Å². The molecular weight excluding hydrogens is 270 g/mol. The zero-order chi connectivity index (χ0) is 16.1. The number of aromatic nitrogens is 1. The van der Waals surface area contributed by atoms with Crippen molar-refractivity contribution in [3.8, 4) is 5.75 Å². The van der Waals surface area contributed by atoms with Crippen LogP contribution in [-0.2, 0) is 0 Å². The molecule has 0 bridgehead atoms. The van der Waals surface area contributed by atoms with Gasteiger partial charge in [0.15, 0.2) is 0 Å². The average molecular weight is 295 g/mol. The molecule has 0 saturated carbocycles. The Kier molecular flexibility index (Phi) is 5.26. The highest BCUT2D eigenvalue weighted by atomic mass is 16.5. The molecule has 0 atom stereocenters. The fourth-order valence-electron chi connectivity index (χ4n) is 2.66. The summed E-state index contributed by atoms with van der Waals surface area (Å²) in [5.41, 5.74) is 2.41. The fourth-order valence-corrected chi connectivity index (χ4v) is 2.66. The molecule has 1 aromatic carbocycles. The van der Waals surface area contributed by atoms with Gasteiger partial charge in [-0.05, 0) is 49.1 Å². The summed E-state index contributed by atoms with van der Waals surface area (Å²) in [6, 6.07) is 6.15. The van der Waals surface area contributed by atoms with Gasteiger partial charge in [-0.15, -0.1) is 0 Å². The van der Waals surface area contributed by atoms with E-state index >= 15 is 0 Å². The molecule has 22 heavy (non-hydrogen) atoms. The van der Waals surface area contributed by atoms with Crippen LogP contribution in [0.2, 0.25) is 0 Å². The van der Waals surface area contributed by atoms with Crippen molar-refractivity contribution in [2.45, 2.75) is 33.6 Å². The molecule has 0 radical (unpaired) electrons. The Balaban J connectivity index is 0.000000847. The average Bonchev–Trinajstić information content (AvgIpc) is 2.87. The van der Waals surface area contributed by atoms with Crippen LogP contribution in [0.4, 0.5) is 0 Å². The molecular formula is C20H25NO. The molecule has 2 heteroatoms. The summed E-state index contributed by atoms with van der Waals surface area (Å²) in [4.78, 5) is 3.37. The van der Waals surface area contributed by atoms with Crippen LogP contribution >= 0.6 is 0 Å². The second kappa shape index (κ2) is 7.17. The first-order chi connectivity index (χ1) is 10.7. The largest absolute Gasteiger partial charge is 0.497 e. The van der Waals surface area contributed by atoms with Crippen molar-refractivity contribution in [3.05, 3.63) is 50.5 Å². The molecule has 0 fully saturated rings. The molecule has 2 nitrogen and oxygen atoms in total. The predicted octanol–water partition coefficient (Wildman–Crippen LogP) is 1.95. The number of aromatic amines is 1. The van der Waals surface area contributed by atoms with E-state index in [0.29, 0.717) is 0 Å². The van der Waals surface area contributed by atoms with Gasteiger partial charge in [0, 0.05) is 21.1 Å². The van der Waals surface area contributed by atoms with E-state index in [0.717, 1.165) is 23.9 Å². The first kappa shape index (κ1) is 16.2. The summed E-state index contributed by atoms with van der Waals surface area (Å²) in [7, 11) is 1.70. The fraction of sp³-hybridized carbons (Fsp3) is 0.300. The zero-order valence-electron chi connectivity index (χ0n) is 14.0. The number of nitrogens with one attached hydrogen (secondary N) is 1. The van der Waals surface area contributed by atoms with Crippen molar-refractivity contribution in [1.82, 2.24) is 4.98 Å². The molecule has 1 aliphatic carbocycles. The van der Waals surface area contributed by atoms with Crippen LogP contribution in [-0.4, -0.2) is 12.1 Å². The van der Waals surface area contributed by atoms with Crippen LogP contribution in [0.15, 0.2) is 18.2 Å². The number of hydrogen-bond donors (Lipinski definition) is 1. The Hall–Kier alpha value is -2.22. The number of ether oxygens (including phenoxy) is 1. The summed E-state index contributed by atoms with van der Waals surface area (Å²) in [6.07, 6.45) is 8.94.